The molecule has 0 aliphatic carbocycles. The molecule has 0 spiro atoms. The summed E-state index contributed by atoms with van der Waals surface area (Å²) in [4.78, 5) is 5.56. The summed E-state index contributed by atoms with van der Waals surface area (Å²) in [5.74, 6) is 0. The van der Waals surface area contributed by atoms with E-state index in [-0.39, 0.29) is 11.1 Å². The van der Waals surface area contributed by atoms with Crippen molar-refractivity contribution in [1.29, 1.82) is 0 Å². The van der Waals surface area contributed by atoms with Crippen molar-refractivity contribution in [2.75, 3.05) is 0 Å². The molecule has 2 aromatic carbocycles. The van der Waals surface area contributed by atoms with Gasteiger partial charge in [-0.1, -0.05) is 24.3 Å². The maximum atomic E-state index is 8.00. The summed E-state index contributed by atoms with van der Waals surface area (Å²) >= 11 is 1.73. The van der Waals surface area contributed by atoms with Crippen LogP contribution >= 0.6 is 11.3 Å². The highest BCUT2D eigenvalue weighted by atomic mass is 32.1. The normalized spacial score (nSPS) is 15.8. The van der Waals surface area contributed by atoms with Crippen LogP contribution in [0.2, 0.25) is 0 Å². The Morgan fingerprint density at radius 1 is 0.920 bits per heavy atom. The fourth-order valence-corrected chi connectivity index (χ4v) is 4.07. The van der Waals surface area contributed by atoms with Gasteiger partial charge in [-0.3, -0.25) is 4.98 Å². The zero-order chi connectivity index (χ0) is 22.6. The topological polar surface area (TPSA) is 12.9 Å². The Hall–Kier alpha value is -2.45. The second-order valence-corrected chi connectivity index (χ2v) is 7.44. The van der Waals surface area contributed by atoms with E-state index in [1.807, 2.05) is 24.3 Å². The van der Waals surface area contributed by atoms with Crippen LogP contribution in [0.5, 0.6) is 0 Å². The molecule has 4 rings (SSSR count). The molecule has 0 unspecified atom stereocenters. The van der Waals surface area contributed by atoms with E-state index in [4.69, 9.17) is 8.22 Å². The number of aromatic nitrogens is 1. The van der Waals surface area contributed by atoms with Crippen molar-refractivity contribution in [2.24, 2.45) is 0 Å². The van der Waals surface area contributed by atoms with E-state index in [0.717, 1.165) is 16.5 Å². The number of pyridine rings is 1. The number of rotatable bonds is 2. The summed E-state index contributed by atoms with van der Waals surface area (Å²) in [5, 5.41) is 1.13. The highest BCUT2D eigenvalue weighted by Gasteiger charge is 2.10. The molecule has 0 N–H and O–H groups in total. The number of thiophene rings is 1. The first kappa shape index (κ1) is 10.5. The molecule has 0 aliphatic rings. The largest absolute Gasteiger partial charge is 0.256 e. The van der Waals surface area contributed by atoms with Crippen molar-refractivity contribution >= 4 is 21.4 Å². The lowest BCUT2D eigenvalue weighted by atomic mass is 9.95. The zero-order valence-electron chi connectivity index (χ0n) is 20.1. The van der Waals surface area contributed by atoms with Crippen LogP contribution in [-0.2, 0) is 0 Å². The third kappa shape index (κ3) is 2.87. The highest BCUT2D eigenvalue weighted by Crippen LogP contribution is 2.35. The smallest absolute Gasteiger partial charge is 0.0702 e. The Morgan fingerprint density at radius 2 is 1.80 bits per heavy atom. The Balaban J connectivity index is 1.87. The first-order valence-electron chi connectivity index (χ1n) is 11.1. The predicted octanol–water partition coefficient (Wildman–Crippen LogP) is 6.86. The average Bonchev–Trinajstić information content (AvgIpc) is 2.99. The van der Waals surface area contributed by atoms with Gasteiger partial charge in [-0.15, -0.1) is 11.3 Å². The van der Waals surface area contributed by atoms with Crippen LogP contribution < -0.4 is 0 Å². The van der Waals surface area contributed by atoms with Gasteiger partial charge in [-0.25, -0.2) is 0 Å². The average molecular weight is 350 g/mol. The number of hydrogen-bond donors (Lipinski definition) is 0. The summed E-state index contributed by atoms with van der Waals surface area (Å²) in [6.07, 6.45) is 1.35. The summed E-state index contributed by atoms with van der Waals surface area (Å²) in [7, 11) is 0. The zero-order valence-corrected chi connectivity index (χ0v) is 14.9. The molecule has 0 radical (unpaired) electrons. The number of benzene rings is 2. The Labute approximate surface area is 161 Å². The van der Waals surface area contributed by atoms with Crippen LogP contribution in [0.15, 0.2) is 54.7 Å². The fraction of sp³-hybridized carbons (Fsp3) is 0.174. The van der Waals surface area contributed by atoms with E-state index in [2.05, 4.69) is 18.8 Å². The predicted molar refractivity (Wildman–Crippen MR) is 109 cm³/mol. The quantitative estimate of drug-likeness (QED) is 0.385. The van der Waals surface area contributed by atoms with Crippen LogP contribution in [0.3, 0.4) is 0 Å². The molecule has 124 valence electrons. The standard InChI is InChI=1S/C23H21NS/c1-14-5-9-22(24-13-14)19-7-6-15(2)20(12-19)18-8-10-23-21(11-18)16(3)17(4)25-23/h5-13H,1-4H3/i1D3,2D3. The Kier molecular flexibility index (Phi) is 2.58. The van der Waals surface area contributed by atoms with Crippen LogP contribution in [0.4, 0.5) is 0 Å². The van der Waals surface area contributed by atoms with Crippen molar-refractivity contribution in [3.63, 3.8) is 0 Å². The van der Waals surface area contributed by atoms with E-state index in [1.165, 1.54) is 27.4 Å². The van der Waals surface area contributed by atoms with Crippen molar-refractivity contribution in [3.05, 3.63) is 76.3 Å². The lowest BCUT2D eigenvalue weighted by Crippen LogP contribution is -1.88. The van der Waals surface area contributed by atoms with Gasteiger partial charge >= 0.3 is 0 Å². The van der Waals surface area contributed by atoms with Crippen molar-refractivity contribution < 1.29 is 8.22 Å². The minimum absolute atomic E-state index is 0.171. The molecular weight excluding hydrogens is 322 g/mol. The van der Waals surface area contributed by atoms with Crippen molar-refractivity contribution in [2.45, 2.75) is 27.6 Å². The van der Waals surface area contributed by atoms with Crippen LogP contribution in [0, 0.1) is 27.6 Å². The van der Waals surface area contributed by atoms with Gasteiger partial charge in [0.1, 0.15) is 0 Å². The third-order valence-electron chi connectivity index (χ3n) is 4.56. The third-order valence-corrected chi connectivity index (χ3v) is 5.75. The lowest BCUT2D eigenvalue weighted by molar-refractivity contribution is 1.27. The summed E-state index contributed by atoms with van der Waals surface area (Å²) in [6, 6.07) is 14.4. The molecule has 0 saturated carbocycles. The van der Waals surface area contributed by atoms with Gasteiger partial charge in [0.05, 0.1) is 5.69 Å². The van der Waals surface area contributed by atoms with E-state index in [9.17, 15) is 0 Å². The number of nitrogens with zero attached hydrogens (tertiary/aromatic N) is 1. The lowest BCUT2D eigenvalue weighted by Gasteiger charge is -2.10. The molecule has 2 heteroatoms. The van der Waals surface area contributed by atoms with Gasteiger partial charge in [0.15, 0.2) is 0 Å². The molecule has 0 saturated heterocycles. The van der Waals surface area contributed by atoms with E-state index in [1.54, 1.807) is 29.5 Å². The molecular formula is C23H21NS. The molecule has 0 fully saturated rings. The maximum Gasteiger partial charge on any atom is 0.0702 e. The minimum Gasteiger partial charge on any atom is -0.256 e. The molecule has 2 heterocycles. The van der Waals surface area contributed by atoms with Crippen molar-refractivity contribution in [3.8, 4) is 22.4 Å². The fourth-order valence-electron chi connectivity index (χ4n) is 3.02. The number of hydrogen-bond acceptors (Lipinski definition) is 2. The molecule has 4 aromatic rings. The second kappa shape index (κ2) is 6.12. The van der Waals surface area contributed by atoms with Crippen molar-refractivity contribution in [1.82, 2.24) is 4.98 Å². The number of aryl methyl sites for hydroxylation is 4. The van der Waals surface area contributed by atoms with Gasteiger partial charge < -0.3 is 0 Å². The molecule has 2 aromatic heterocycles. The van der Waals surface area contributed by atoms with Crippen LogP contribution in [0.1, 0.15) is 29.8 Å². The monoisotopic (exact) mass is 349 g/mol. The Morgan fingerprint density at radius 3 is 2.56 bits per heavy atom. The molecule has 25 heavy (non-hydrogen) atoms. The highest BCUT2D eigenvalue weighted by molar-refractivity contribution is 7.19. The summed E-state index contributed by atoms with van der Waals surface area (Å²) < 4.78 is 47.7. The number of fused-ring (bicyclic) bond motifs is 1. The van der Waals surface area contributed by atoms with Crippen LogP contribution in [0.25, 0.3) is 32.5 Å². The van der Waals surface area contributed by atoms with E-state index >= 15 is 0 Å². The van der Waals surface area contributed by atoms with E-state index < -0.39 is 13.7 Å². The summed E-state index contributed by atoms with van der Waals surface area (Å²) in [6.45, 7) is -0.313. The van der Waals surface area contributed by atoms with Gasteiger partial charge in [-0.2, -0.15) is 0 Å². The van der Waals surface area contributed by atoms with Crippen LogP contribution in [-0.4, -0.2) is 4.98 Å². The molecule has 0 atom stereocenters. The molecule has 0 amide bonds. The van der Waals surface area contributed by atoms with Gasteiger partial charge in [0, 0.05) is 29.6 Å². The minimum atomic E-state index is -2.26. The molecule has 0 bridgehead atoms. The van der Waals surface area contributed by atoms with Gasteiger partial charge in [-0.05, 0) is 85.0 Å². The van der Waals surface area contributed by atoms with E-state index in [0.29, 0.717) is 11.3 Å². The first-order chi connectivity index (χ1) is 14.4. The molecule has 1 nitrogen and oxygen atoms in total. The maximum absolute atomic E-state index is 8.00. The summed E-state index contributed by atoms with van der Waals surface area (Å²) in [5.41, 5.74) is 4.44. The van der Waals surface area contributed by atoms with Gasteiger partial charge in [0.25, 0.3) is 0 Å². The van der Waals surface area contributed by atoms with Gasteiger partial charge in [0.2, 0.25) is 0 Å². The SMILES string of the molecule is [2H]C([2H])([2H])c1ccc(-c2ccc(C([2H])([2H])[2H])c(-c3ccc4sc(C)c(C)c4c3)c2)nc1. The Bertz CT molecular complexity index is 1270. The second-order valence-electron chi connectivity index (χ2n) is 6.19. The first-order valence-corrected chi connectivity index (χ1v) is 8.88. The molecule has 0 aliphatic heterocycles.